The number of hydrogen-bond acceptors (Lipinski definition) is 1. The summed E-state index contributed by atoms with van der Waals surface area (Å²) in [7, 11) is 0. The van der Waals surface area contributed by atoms with E-state index < -0.39 is 0 Å². The van der Waals surface area contributed by atoms with Gasteiger partial charge < -0.3 is 4.42 Å². The van der Waals surface area contributed by atoms with E-state index in [0.717, 1.165) is 11.2 Å². The molecule has 0 atom stereocenters. The lowest BCUT2D eigenvalue weighted by Gasteiger charge is -2.22. The lowest BCUT2D eigenvalue weighted by Crippen LogP contribution is -2.14. The fourth-order valence-corrected chi connectivity index (χ4v) is 9.12. The Morgan fingerprint density at radius 2 is 1.00 bits per heavy atom. The molecule has 0 saturated carbocycles. The minimum atomic E-state index is -0.137. The summed E-state index contributed by atoms with van der Waals surface area (Å²) in [5, 5.41) is 12.5. The summed E-state index contributed by atoms with van der Waals surface area (Å²) in [6.07, 6.45) is 0. The molecule has 9 aromatic carbocycles. The first kappa shape index (κ1) is 27.7. The highest BCUT2D eigenvalue weighted by molar-refractivity contribution is 6.24. The number of fused-ring (bicyclic) bond motifs is 11. The third kappa shape index (κ3) is 3.67. The molecule has 1 heterocycles. The van der Waals surface area contributed by atoms with Crippen LogP contribution in [0.5, 0.6) is 0 Å². The van der Waals surface area contributed by atoms with Crippen molar-refractivity contribution >= 4 is 65.0 Å². The van der Waals surface area contributed by atoms with Crippen molar-refractivity contribution in [2.75, 3.05) is 0 Å². The first-order valence-corrected chi connectivity index (χ1v) is 17.5. The Kier molecular flexibility index (Phi) is 5.51. The summed E-state index contributed by atoms with van der Waals surface area (Å²) in [5.41, 5.74) is 12.3. The minimum Gasteiger partial charge on any atom is -0.456 e. The Hall–Kier alpha value is -6.18. The molecule has 234 valence electrons. The summed E-state index contributed by atoms with van der Waals surface area (Å²) >= 11 is 0. The summed E-state index contributed by atoms with van der Waals surface area (Å²) in [6, 6.07) is 58.2. The Morgan fingerprint density at radius 3 is 1.76 bits per heavy atom. The lowest BCUT2D eigenvalue weighted by molar-refractivity contribution is 0.661. The molecule has 1 nitrogen and oxygen atoms in total. The zero-order chi connectivity index (χ0) is 33.1. The van der Waals surface area contributed by atoms with E-state index in [-0.39, 0.29) is 5.41 Å². The van der Waals surface area contributed by atoms with Crippen molar-refractivity contribution in [2.24, 2.45) is 0 Å². The maximum atomic E-state index is 6.29. The Balaban J connectivity index is 1.18. The number of hydrogen-bond donors (Lipinski definition) is 0. The molecule has 11 rings (SSSR count). The molecule has 50 heavy (non-hydrogen) atoms. The number of furan rings is 1. The second-order valence-electron chi connectivity index (χ2n) is 14.4. The molecule has 1 heteroatoms. The van der Waals surface area contributed by atoms with Gasteiger partial charge in [-0.25, -0.2) is 0 Å². The Labute approximate surface area is 290 Å². The van der Waals surface area contributed by atoms with Gasteiger partial charge in [-0.1, -0.05) is 141 Å². The molecule has 0 amide bonds. The molecule has 0 radical (unpaired) electrons. The first-order chi connectivity index (χ1) is 24.6. The number of para-hydroxylation sites is 1. The predicted octanol–water partition coefficient (Wildman–Crippen LogP) is 13.8. The van der Waals surface area contributed by atoms with E-state index in [4.69, 9.17) is 4.42 Å². The van der Waals surface area contributed by atoms with Gasteiger partial charge in [0.05, 0.1) is 0 Å². The van der Waals surface area contributed by atoms with Crippen LogP contribution in [0.25, 0.3) is 98.4 Å². The van der Waals surface area contributed by atoms with E-state index in [1.807, 2.05) is 6.07 Å². The highest BCUT2D eigenvalue weighted by atomic mass is 16.3. The topological polar surface area (TPSA) is 13.1 Å². The van der Waals surface area contributed by atoms with Crippen LogP contribution in [0, 0.1) is 0 Å². The summed E-state index contributed by atoms with van der Waals surface area (Å²) in [6.45, 7) is 4.75. The molecule has 1 aliphatic rings. The molecular formula is C49H32O. The van der Waals surface area contributed by atoms with Crippen molar-refractivity contribution in [1.29, 1.82) is 0 Å². The van der Waals surface area contributed by atoms with Crippen molar-refractivity contribution in [3.63, 3.8) is 0 Å². The monoisotopic (exact) mass is 636 g/mol. The van der Waals surface area contributed by atoms with Crippen molar-refractivity contribution in [3.05, 3.63) is 169 Å². The van der Waals surface area contributed by atoms with Crippen LogP contribution in [-0.4, -0.2) is 0 Å². The van der Waals surface area contributed by atoms with E-state index in [9.17, 15) is 0 Å². The van der Waals surface area contributed by atoms with Crippen LogP contribution in [0.15, 0.2) is 162 Å². The Morgan fingerprint density at radius 1 is 0.380 bits per heavy atom. The summed E-state index contributed by atoms with van der Waals surface area (Å²) < 4.78 is 6.29. The fraction of sp³-hybridized carbons (Fsp3) is 0.0612. The molecule has 0 saturated heterocycles. The molecule has 10 aromatic rings. The largest absolute Gasteiger partial charge is 0.456 e. The quantitative estimate of drug-likeness (QED) is 0.172. The van der Waals surface area contributed by atoms with E-state index in [2.05, 4.69) is 166 Å². The van der Waals surface area contributed by atoms with Gasteiger partial charge in [-0.15, -0.1) is 0 Å². The van der Waals surface area contributed by atoms with Gasteiger partial charge in [0, 0.05) is 16.2 Å². The zero-order valence-electron chi connectivity index (χ0n) is 27.9. The highest BCUT2D eigenvalue weighted by Crippen LogP contribution is 2.53. The molecule has 0 bridgehead atoms. The molecule has 0 spiro atoms. The molecule has 1 aromatic heterocycles. The zero-order valence-corrected chi connectivity index (χ0v) is 27.9. The van der Waals surface area contributed by atoms with Crippen LogP contribution >= 0.6 is 0 Å². The average Bonchev–Trinajstić information content (AvgIpc) is 3.64. The molecule has 0 fully saturated rings. The van der Waals surface area contributed by atoms with Crippen LogP contribution in [-0.2, 0) is 5.41 Å². The van der Waals surface area contributed by atoms with Crippen molar-refractivity contribution in [3.8, 4) is 33.4 Å². The molecule has 0 N–H and O–H groups in total. The second kappa shape index (κ2) is 9.94. The van der Waals surface area contributed by atoms with E-state index in [0.29, 0.717) is 0 Å². The van der Waals surface area contributed by atoms with E-state index >= 15 is 0 Å². The van der Waals surface area contributed by atoms with Crippen LogP contribution in [0.3, 0.4) is 0 Å². The standard InChI is InChI=1S/C49H32O/c1-49(2)42-24-22-31(27-40(42)41-26-30-23-25-45-48(39(30)28-43(41)49)38-19-9-10-21-44(38)50-45)46-34-15-5-7-17-36(34)47(37-18-8-6-16-35(37)46)33-20-11-13-29-12-3-4-14-32(29)33/h3-28H,1-2H3. The van der Waals surface area contributed by atoms with E-state index in [1.165, 1.54) is 98.4 Å². The predicted molar refractivity (Wildman–Crippen MR) is 212 cm³/mol. The number of rotatable bonds is 2. The van der Waals surface area contributed by atoms with Crippen molar-refractivity contribution in [2.45, 2.75) is 19.3 Å². The summed E-state index contributed by atoms with van der Waals surface area (Å²) in [5.74, 6) is 0. The van der Waals surface area contributed by atoms with Crippen LogP contribution in [0.1, 0.15) is 25.0 Å². The molecule has 1 aliphatic carbocycles. The van der Waals surface area contributed by atoms with Gasteiger partial charge in [0.25, 0.3) is 0 Å². The van der Waals surface area contributed by atoms with Crippen molar-refractivity contribution in [1.82, 2.24) is 0 Å². The lowest BCUT2D eigenvalue weighted by atomic mass is 9.81. The van der Waals surface area contributed by atoms with Gasteiger partial charge >= 0.3 is 0 Å². The van der Waals surface area contributed by atoms with Gasteiger partial charge in [-0.2, -0.15) is 0 Å². The van der Waals surface area contributed by atoms with E-state index in [1.54, 1.807) is 0 Å². The van der Waals surface area contributed by atoms with Gasteiger partial charge in [0.15, 0.2) is 0 Å². The Bertz CT molecular complexity index is 3000. The summed E-state index contributed by atoms with van der Waals surface area (Å²) in [4.78, 5) is 0. The average molecular weight is 637 g/mol. The normalized spacial score (nSPS) is 13.6. The number of benzene rings is 9. The molecule has 0 unspecified atom stereocenters. The minimum absolute atomic E-state index is 0.137. The third-order valence-corrected chi connectivity index (χ3v) is 11.4. The van der Waals surface area contributed by atoms with Gasteiger partial charge in [0.1, 0.15) is 11.2 Å². The second-order valence-corrected chi connectivity index (χ2v) is 14.4. The smallest absolute Gasteiger partial charge is 0.136 e. The van der Waals surface area contributed by atoms with Gasteiger partial charge in [0.2, 0.25) is 0 Å². The SMILES string of the molecule is CC1(C)c2ccc(-c3c4ccccc4c(-c4cccc5ccccc45)c4ccccc34)cc2-c2cc3ccc4oc5ccccc5c4c3cc21. The van der Waals surface area contributed by atoms with Gasteiger partial charge in [-0.3, -0.25) is 0 Å². The third-order valence-electron chi connectivity index (χ3n) is 11.4. The molecule has 0 aliphatic heterocycles. The maximum absolute atomic E-state index is 6.29. The van der Waals surface area contributed by atoms with Gasteiger partial charge in [-0.05, 0) is 118 Å². The molecular weight excluding hydrogens is 605 g/mol. The van der Waals surface area contributed by atoms with Crippen LogP contribution in [0.2, 0.25) is 0 Å². The van der Waals surface area contributed by atoms with Crippen LogP contribution < -0.4 is 0 Å². The van der Waals surface area contributed by atoms with Crippen LogP contribution in [0.4, 0.5) is 0 Å². The fourth-order valence-electron chi connectivity index (χ4n) is 9.12. The van der Waals surface area contributed by atoms with Crippen molar-refractivity contribution < 1.29 is 4.42 Å². The maximum Gasteiger partial charge on any atom is 0.136 e. The highest BCUT2D eigenvalue weighted by Gasteiger charge is 2.36. The first-order valence-electron chi connectivity index (χ1n) is 17.5.